The summed E-state index contributed by atoms with van der Waals surface area (Å²) in [6.45, 7) is 3.80. The molecule has 0 fully saturated rings. The molecule has 1 atom stereocenters. The molecule has 2 aromatic rings. The Morgan fingerprint density at radius 2 is 2.05 bits per heavy atom. The predicted octanol–water partition coefficient (Wildman–Crippen LogP) is 1.20. The zero-order valence-electron chi connectivity index (χ0n) is 12.1. The summed E-state index contributed by atoms with van der Waals surface area (Å²) < 4.78 is 0. The number of carbonyl (C=O) groups is 1. The molecule has 6 heteroatoms. The van der Waals surface area contributed by atoms with Crippen LogP contribution in [0.1, 0.15) is 37.2 Å². The quantitative estimate of drug-likeness (QED) is 0.771. The Kier molecular flexibility index (Phi) is 4.37. The van der Waals surface area contributed by atoms with Gasteiger partial charge < -0.3 is 10.4 Å². The van der Waals surface area contributed by atoms with E-state index in [0.29, 0.717) is 23.6 Å². The van der Waals surface area contributed by atoms with Crippen LogP contribution in [0.4, 0.5) is 0 Å². The summed E-state index contributed by atoms with van der Waals surface area (Å²) in [4.78, 5) is 24.2. The second-order valence-electron chi connectivity index (χ2n) is 5.29. The van der Waals surface area contributed by atoms with E-state index in [-0.39, 0.29) is 23.8 Å². The summed E-state index contributed by atoms with van der Waals surface area (Å²) >= 11 is 0. The van der Waals surface area contributed by atoms with Crippen molar-refractivity contribution in [1.29, 1.82) is 0 Å². The number of hydrogen-bond acceptors (Lipinski definition) is 4. The fourth-order valence-electron chi connectivity index (χ4n) is 2.20. The summed E-state index contributed by atoms with van der Waals surface area (Å²) in [5.74, 6) is -0.361. The van der Waals surface area contributed by atoms with Crippen molar-refractivity contribution in [2.24, 2.45) is 0 Å². The topological polar surface area (TPSA) is 95.1 Å². The van der Waals surface area contributed by atoms with E-state index in [1.54, 1.807) is 24.3 Å². The Labute approximate surface area is 122 Å². The average Bonchev–Trinajstić information content (AvgIpc) is 2.48. The first-order valence-electron chi connectivity index (χ1n) is 6.91. The molecule has 3 N–H and O–H groups in total. The zero-order valence-corrected chi connectivity index (χ0v) is 12.1. The van der Waals surface area contributed by atoms with E-state index >= 15 is 0 Å². The Morgan fingerprint density at radius 3 is 2.67 bits per heavy atom. The van der Waals surface area contributed by atoms with E-state index in [4.69, 9.17) is 5.11 Å². The molecule has 0 saturated heterocycles. The average molecular weight is 289 g/mol. The van der Waals surface area contributed by atoms with Crippen molar-refractivity contribution in [1.82, 2.24) is 15.5 Å². The molecule has 112 valence electrons. The Bertz CT molecular complexity index is 711. The van der Waals surface area contributed by atoms with E-state index in [2.05, 4.69) is 15.5 Å². The number of nitrogens with zero attached hydrogens (tertiary/aromatic N) is 1. The molecule has 1 amide bonds. The molecule has 1 aromatic carbocycles. The van der Waals surface area contributed by atoms with Crippen LogP contribution in [0.5, 0.6) is 0 Å². The van der Waals surface area contributed by atoms with Gasteiger partial charge in [0.25, 0.3) is 11.5 Å². The SMILES string of the molecule is CCC(C)(CCO)NC(=O)c1n[nH]c(=O)c2ccccc12. The zero-order chi connectivity index (χ0) is 15.5. The molecule has 0 aliphatic carbocycles. The first-order valence-corrected chi connectivity index (χ1v) is 6.91. The summed E-state index contributed by atoms with van der Waals surface area (Å²) in [5, 5.41) is 19.2. The minimum Gasteiger partial charge on any atom is -0.396 e. The fraction of sp³-hybridized carbons (Fsp3) is 0.400. The molecule has 6 nitrogen and oxygen atoms in total. The first-order chi connectivity index (χ1) is 10.0. The van der Waals surface area contributed by atoms with Crippen LogP contribution in [0.15, 0.2) is 29.1 Å². The summed E-state index contributed by atoms with van der Waals surface area (Å²) in [6, 6.07) is 6.84. The van der Waals surface area contributed by atoms with E-state index in [9.17, 15) is 9.59 Å². The second-order valence-corrected chi connectivity index (χ2v) is 5.29. The van der Waals surface area contributed by atoms with Crippen LogP contribution in [-0.4, -0.2) is 33.4 Å². The smallest absolute Gasteiger partial charge is 0.272 e. The van der Waals surface area contributed by atoms with Crippen LogP contribution >= 0.6 is 0 Å². The molecular weight excluding hydrogens is 270 g/mol. The molecule has 1 unspecified atom stereocenters. The number of aromatic amines is 1. The van der Waals surface area contributed by atoms with Crippen LogP contribution in [0.3, 0.4) is 0 Å². The highest BCUT2D eigenvalue weighted by Gasteiger charge is 2.26. The molecule has 0 spiro atoms. The third kappa shape index (κ3) is 3.11. The third-order valence-electron chi connectivity index (χ3n) is 3.77. The van der Waals surface area contributed by atoms with Crippen molar-refractivity contribution in [3.8, 4) is 0 Å². The number of H-pyrrole nitrogens is 1. The van der Waals surface area contributed by atoms with Crippen LogP contribution in [0.25, 0.3) is 10.8 Å². The highest BCUT2D eigenvalue weighted by Crippen LogP contribution is 2.17. The number of amides is 1. The van der Waals surface area contributed by atoms with Gasteiger partial charge in [-0.05, 0) is 25.8 Å². The number of benzene rings is 1. The lowest BCUT2D eigenvalue weighted by Crippen LogP contribution is -2.46. The van der Waals surface area contributed by atoms with Gasteiger partial charge in [0.05, 0.1) is 5.39 Å². The van der Waals surface area contributed by atoms with Gasteiger partial charge in [0.15, 0.2) is 5.69 Å². The molecule has 1 heterocycles. The lowest BCUT2D eigenvalue weighted by Gasteiger charge is -2.28. The highest BCUT2D eigenvalue weighted by molar-refractivity contribution is 6.04. The maximum Gasteiger partial charge on any atom is 0.272 e. The van der Waals surface area contributed by atoms with E-state index in [1.807, 2.05) is 13.8 Å². The van der Waals surface area contributed by atoms with E-state index in [1.165, 1.54) is 0 Å². The molecule has 0 saturated carbocycles. The van der Waals surface area contributed by atoms with Gasteiger partial charge in [-0.3, -0.25) is 9.59 Å². The van der Waals surface area contributed by atoms with Gasteiger partial charge in [-0.2, -0.15) is 5.10 Å². The van der Waals surface area contributed by atoms with Crippen molar-refractivity contribution < 1.29 is 9.90 Å². The van der Waals surface area contributed by atoms with Crippen LogP contribution in [0.2, 0.25) is 0 Å². The van der Waals surface area contributed by atoms with Crippen molar-refractivity contribution in [2.45, 2.75) is 32.2 Å². The predicted molar refractivity (Wildman–Crippen MR) is 80.2 cm³/mol. The standard InChI is InChI=1S/C15H19N3O3/c1-3-15(2,8-9-19)16-14(21)12-10-6-4-5-7-11(10)13(20)18-17-12/h4-7,19H,3,8-9H2,1-2H3,(H,16,21)(H,18,20). The number of nitrogens with one attached hydrogen (secondary N) is 2. The number of aliphatic hydroxyl groups excluding tert-OH is 1. The molecule has 1 aromatic heterocycles. The minimum absolute atomic E-state index is 0.00950. The second kappa shape index (κ2) is 6.05. The van der Waals surface area contributed by atoms with Gasteiger partial charge in [0.1, 0.15) is 0 Å². The van der Waals surface area contributed by atoms with Crippen molar-refractivity contribution in [3.05, 3.63) is 40.3 Å². The van der Waals surface area contributed by atoms with Gasteiger partial charge in [-0.1, -0.05) is 25.1 Å². The highest BCUT2D eigenvalue weighted by atomic mass is 16.3. The normalized spacial score (nSPS) is 13.9. The maximum absolute atomic E-state index is 12.4. The van der Waals surface area contributed by atoms with Crippen LogP contribution < -0.4 is 10.9 Å². The fourth-order valence-corrected chi connectivity index (χ4v) is 2.20. The summed E-state index contributed by atoms with van der Waals surface area (Å²) in [7, 11) is 0. The maximum atomic E-state index is 12.4. The largest absolute Gasteiger partial charge is 0.396 e. The molecule has 0 bridgehead atoms. The van der Waals surface area contributed by atoms with Gasteiger partial charge in [-0.25, -0.2) is 5.10 Å². The third-order valence-corrected chi connectivity index (χ3v) is 3.77. The molecule has 0 aliphatic heterocycles. The van der Waals surface area contributed by atoms with E-state index < -0.39 is 5.54 Å². The Hall–Kier alpha value is -2.21. The molecule has 21 heavy (non-hydrogen) atoms. The van der Waals surface area contributed by atoms with Gasteiger partial charge in [-0.15, -0.1) is 0 Å². The summed E-state index contributed by atoms with van der Waals surface area (Å²) in [5.41, 5.74) is -0.649. The number of fused-ring (bicyclic) bond motifs is 1. The lowest BCUT2D eigenvalue weighted by atomic mass is 9.94. The Morgan fingerprint density at radius 1 is 1.38 bits per heavy atom. The first kappa shape index (κ1) is 15.2. The summed E-state index contributed by atoms with van der Waals surface area (Å²) in [6.07, 6.45) is 1.14. The van der Waals surface area contributed by atoms with Crippen LogP contribution in [-0.2, 0) is 0 Å². The van der Waals surface area contributed by atoms with Gasteiger partial charge in [0.2, 0.25) is 0 Å². The number of aromatic nitrogens is 2. The molecule has 2 rings (SSSR count). The van der Waals surface area contributed by atoms with Crippen molar-refractivity contribution >= 4 is 16.7 Å². The van der Waals surface area contributed by atoms with E-state index in [0.717, 1.165) is 0 Å². The number of hydrogen-bond donors (Lipinski definition) is 3. The molecular formula is C15H19N3O3. The van der Waals surface area contributed by atoms with Crippen molar-refractivity contribution in [3.63, 3.8) is 0 Å². The molecule has 0 aliphatic rings. The van der Waals surface area contributed by atoms with Crippen LogP contribution in [0, 0.1) is 0 Å². The van der Waals surface area contributed by atoms with Gasteiger partial charge >= 0.3 is 0 Å². The molecule has 0 radical (unpaired) electrons. The monoisotopic (exact) mass is 289 g/mol. The number of carbonyl (C=O) groups excluding carboxylic acids is 1. The Balaban J connectivity index is 2.41. The van der Waals surface area contributed by atoms with Gasteiger partial charge in [0, 0.05) is 17.5 Å². The number of aliphatic hydroxyl groups is 1. The number of rotatable bonds is 5. The minimum atomic E-state index is -0.509. The lowest BCUT2D eigenvalue weighted by molar-refractivity contribution is 0.0882. The van der Waals surface area contributed by atoms with Crippen molar-refractivity contribution in [2.75, 3.05) is 6.61 Å².